The number of carbonyl (C=O) groups is 2. The minimum atomic E-state index is 0.0230. The van der Waals surface area contributed by atoms with Crippen molar-refractivity contribution >= 4 is 11.7 Å². The number of methoxy groups -OCH3 is 1. The minimum absolute atomic E-state index is 0.0230. The maximum absolute atomic E-state index is 12.0. The highest BCUT2D eigenvalue weighted by atomic mass is 16.5. The van der Waals surface area contributed by atoms with Gasteiger partial charge < -0.3 is 15.4 Å². The Balaban J connectivity index is 2.41. The molecule has 0 radical (unpaired) electrons. The lowest BCUT2D eigenvalue weighted by Crippen LogP contribution is -2.39. The first-order valence-corrected chi connectivity index (χ1v) is 7.12. The summed E-state index contributed by atoms with van der Waals surface area (Å²) in [6, 6.07) is 7.02. The van der Waals surface area contributed by atoms with Crippen molar-refractivity contribution < 1.29 is 14.3 Å². The van der Waals surface area contributed by atoms with Crippen LogP contribution in [0, 0.1) is 0 Å². The third kappa shape index (κ3) is 5.19. The topological polar surface area (TPSA) is 72.6 Å². The van der Waals surface area contributed by atoms with Crippen molar-refractivity contribution in [1.29, 1.82) is 0 Å². The van der Waals surface area contributed by atoms with Crippen molar-refractivity contribution in [3.8, 4) is 5.75 Å². The summed E-state index contributed by atoms with van der Waals surface area (Å²) < 4.78 is 5.05. The van der Waals surface area contributed by atoms with Crippen LogP contribution in [0.3, 0.4) is 0 Å². The first-order chi connectivity index (χ1) is 9.99. The molecule has 0 spiro atoms. The predicted molar refractivity (Wildman–Crippen MR) is 82.5 cm³/mol. The number of ketones is 1. The summed E-state index contributed by atoms with van der Waals surface area (Å²) in [5, 5.41) is 0. The molecule has 2 N–H and O–H groups in total. The molecule has 1 rings (SSSR count). The highest BCUT2D eigenvalue weighted by molar-refractivity contribution is 5.96. The molecule has 0 aromatic heterocycles. The first-order valence-electron chi connectivity index (χ1n) is 7.12. The molecule has 0 fully saturated rings. The van der Waals surface area contributed by atoms with E-state index in [-0.39, 0.29) is 17.7 Å². The molecule has 0 heterocycles. The summed E-state index contributed by atoms with van der Waals surface area (Å²) in [5.74, 6) is 0.787. The Kier molecular flexibility index (Phi) is 6.88. The smallest absolute Gasteiger partial charge is 0.222 e. The van der Waals surface area contributed by atoms with Crippen molar-refractivity contribution in [1.82, 2.24) is 4.90 Å². The quantitative estimate of drug-likeness (QED) is 0.742. The van der Waals surface area contributed by atoms with Gasteiger partial charge in [-0.05, 0) is 37.6 Å². The Morgan fingerprint density at radius 2 is 1.86 bits per heavy atom. The SMILES string of the molecule is COc1ccc(C(=O)CCCC(=O)N(C)C(C)CN)cc1. The molecule has 0 aliphatic carbocycles. The number of carbonyl (C=O) groups excluding carboxylic acids is 2. The van der Waals surface area contributed by atoms with Gasteiger partial charge in [-0.25, -0.2) is 0 Å². The lowest BCUT2D eigenvalue weighted by atomic mass is 10.0. The van der Waals surface area contributed by atoms with E-state index in [1.54, 1.807) is 43.3 Å². The molecule has 0 saturated heterocycles. The van der Waals surface area contributed by atoms with Crippen LogP contribution in [0.25, 0.3) is 0 Å². The van der Waals surface area contributed by atoms with E-state index in [0.717, 1.165) is 5.75 Å². The molecule has 116 valence electrons. The van der Waals surface area contributed by atoms with E-state index in [1.165, 1.54) is 0 Å². The Bertz CT molecular complexity index is 471. The van der Waals surface area contributed by atoms with E-state index in [9.17, 15) is 9.59 Å². The number of amides is 1. The molecule has 1 aromatic rings. The second kappa shape index (κ2) is 8.42. The zero-order valence-electron chi connectivity index (χ0n) is 13.0. The Hall–Kier alpha value is -1.88. The van der Waals surface area contributed by atoms with Gasteiger partial charge in [0.1, 0.15) is 5.75 Å². The van der Waals surface area contributed by atoms with Gasteiger partial charge >= 0.3 is 0 Å². The zero-order chi connectivity index (χ0) is 15.8. The van der Waals surface area contributed by atoms with E-state index < -0.39 is 0 Å². The van der Waals surface area contributed by atoms with Gasteiger partial charge in [-0.2, -0.15) is 0 Å². The molecule has 1 atom stereocenters. The van der Waals surface area contributed by atoms with Crippen molar-refractivity contribution in [2.24, 2.45) is 5.73 Å². The van der Waals surface area contributed by atoms with E-state index >= 15 is 0 Å². The fourth-order valence-electron chi connectivity index (χ4n) is 1.90. The number of Topliss-reactive ketones (excluding diaryl/α,β-unsaturated/α-hetero) is 1. The third-order valence-electron chi connectivity index (χ3n) is 3.60. The van der Waals surface area contributed by atoms with Crippen molar-refractivity contribution in [2.75, 3.05) is 20.7 Å². The average molecular weight is 292 g/mol. The lowest BCUT2D eigenvalue weighted by Gasteiger charge is -2.23. The van der Waals surface area contributed by atoms with Crippen LogP contribution < -0.4 is 10.5 Å². The standard InChI is InChI=1S/C16H24N2O3/c1-12(11-17)18(2)16(20)6-4-5-15(19)13-7-9-14(21-3)10-8-13/h7-10,12H,4-6,11,17H2,1-3H3. The number of benzene rings is 1. The van der Waals surface area contributed by atoms with E-state index in [2.05, 4.69) is 0 Å². The largest absolute Gasteiger partial charge is 0.497 e. The van der Waals surface area contributed by atoms with Crippen LogP contribution in [0.15, 0.2) is 24.3 Å². The number of nitrogens with zero attached hydrogens (tertiary/aromatic N) is 1. The Morgan fingerprint density at radius 3 is 2.38 bits per heavy atom. The summed E-state index contributed by atoms with van der Waals surface area (Å²) in [6.07, 6.45) is 1.27. The number of rotatable bonds is 8. The van der Waals surface area contributed by atoms with Crippen LogP contribution in [0.1, 0.15) is 36.5 Å². The monoisotopic (exact) mass is 292 g/mol. The van der Waals surface area contributed by atoms with Gasteiger partial charge in [0.15, 0.2) is 5.78 Å². The van der Waals surface area contributed by atoms with Crippen LogP contribution >= 0.6 is 0 Å². The lowest BCUT2D eigenvalue weighted by molar-refractivity contribution is -0.131. The van der Waals surface area contributed by atoms with Gasteiger partial charge in [0, 0.05) is 38.0 Å². The van der Waals surface area contributed by atoms with Crippen molar-refractivity contribution in [2.45, 2.75) is 32.2 Å². The molecule has 1 amide bonds. The van der Waals surface area contributed by atoms with Gasteiger partial charge in [-0.15, -0.1) is 0 Å². The highest BCUT2D eigenvalue weighted by Crippen LogP contribution is 2.14. The summed E-state index contributed by atoms with van der Waals surface area (Å²) in [5.41, 5.74) is 6.17. The molecule has 0 aliphatic rings. The fraction of sp³-hybridized carbons (Fsp3) is 0.500. The Morgan fingerprint density at radius 1 is 1.24 bits per heavy atom. The van der Waals surface area contributed by atoms with Gasteiger partial charge in [0.25, 0.3) is 0 Å². The maximum atomic E-state index is 12.0. The first kappa shape index (κ1) is 17.2. The van der Waals surface area contributed by atoms with Crippen LogP contribution in [0.4, 0.5) is 0 Å². The van der Waals surface area contributed by atoms with Gasteiger partial charge in [-0.3, -0.25) is 9.59 Å². The maximum Gasteiger partial charge on any atom is 0.222 e. The van der Waals surface area contributed by atoms with Crippen LogP contribution in [-0.4, -0.2) is 43.3 Å². The highest BCUT2D eigenvalue weighted by Gasteiger charge is 2.14. The summed E-state index contributed by atoms with van der Waals surface area (Å²) in [6.45, 7) is 2.34. The Labute approximate surface area is 126 Å². The number of nitrogens with two attached hydrogens (primary N) is 1. The van der Waals surface area contributed by atoms with Gasteiger partial charge in [0.2, 0.25) is 5.91 Å². The van der Waals surface area contributed by atoms with E-state index in [0.29, 0.717) is 31.4 Å². The van der Waals surface area contributed by atoms with Gasteiger partial charge in [-0.1, -0.05) is 0 Å². The summed E-state index contributed by atoms with van der Waals surface area (Å²) in [4.78, 5) is 25.5. The predicted octanol–water partition coefficient (Wildman–Crippen LogP) is 1.85. The second-order valence-electron chi connectivity index (χ2n) is 5.09. The number of hydrogen-bond acceptors (Lipinski definition) is 4. The number of likely N-dealkylation sites (N-methyl/N-ethyl adjacent to an activating group) is 1. The molecule has 0 saturated carbocycles. The molecule has 1 aromatic carbocycles. The number of hydrogen-bond donors (Lipinski definition) is 1. The molecule has 1 unspecified atom stereocenters. The van der Waals surface area contributed by atoms with E-state index in [1.807, 2.05) is 6.92 Å². The van der Waals surface area contributed by atoms with Crippen LogP contribution in [0.5, 0.6) is 5.75 Å². The average Bonchev–Trinajstić information content (AvgIpc) is 2.53. The minimum Gasteiger partial charge on any atom is -0.497 e. The molecular formula is C16H24N2O3. The van der Waals surface area contributed by atoms with Crippen molar-refractivity contribution in [3.05, 3.63) is 29.8 Å². The van der Waals surface area contributed by atoms with Gasteiger partial charge in [0.05, 0.1) is 7.11 Å². The molecule has 21 heavy (non-hydrogen) atoms. The molecule has 0 aliphatic heterocycles. The second-order valence-corrected chi connectivity index (χ2v) is 5.09. The molecule has 5 nitrogen and oxygen atoms in total. The number of ether oxygens (including phenoxy) is 1. The molecule has 0 bridgehead atoms. The summed E-state index contributed by atoms with van der Waals surface area (Å²) in [7, 11) is 3.33. The van der Waals surface area contributed by atoms with Crippen LogP contribution in [-0.2, 0) is 4.79 Å². The third-order valence-corrected chi connectivity index (χ3v) is 3.60. The molecule has 5 heteroatoms. The van der Waals surface area contributed by atoms with E-state index in [4.69, 9.17) is 10.5 Å². The van der Waals surface area contributed by atoms with Crippen LogP contribution in [0.2, 0.25) is 0 Å². The fourth-order valence-corrected chi connectivity index (χ4v) is 1.90. The molecular weight excluding hydrogens is 268 g/mol. The zero-order valence-corrected chi connectivity index (χ0v) is 13.0. The van der Waals surface area contributed by atoms with Crippen molar-refractivity contribution in [3.63, 3.8) is 0 Å². The summed E-state index contributed by atoms with van der Waals surface area (Å²) >= 11 is 0. The normalized spacial score (nSPS) is 11.8.